The predicted molar refractivity (Wildman–Crippen MR) is 66.8 cm³/mol. The van der Waals surface area contributed by atoms with E-state index in [2.05, 4.69) is 15.0 Å². The SMILES string of the molecule is O=C(c1cc(O)nc(O)n1)N1CCOc2ccncc21. The first-order valence-corrected chi connectivity index (χ1v) is 5.81. The number of aromatic nitrogens is 3. The molecule has 0 bridgehead atoms. The van der Waals surface area contributed by atoms with E-state index >= 15 is 0 Å². The van der Waals surface area contributed by atoms with Gasteiger partial charge in [-0.3, -0.25) is 14.7 Å². The topological polar surface area (TPSA) is 109 Å². The molecule has 1 amide bonds. The number of pyridine rings is 1. The maximum atomic E-state index is 12.4. The van der Waals surface area contributed by atoms with Crippen LogP contribution in [0.2, 0.25) is 0 Å². The average molecular weight is 274 g/mol. The smallest absolute Gasteiger partial charge is 0.317 e. The molecule has 0 fully saturated rings. The summed E-state index contributed by atoms with van der Waals surface area (Å²) in [5, 5.41) is 18.6. The second kappa shape index (κ2) is 4.65. The van der Waals surface area contributed by atoms with Crippen LogP contribution in [0.5, 0.6) is 17.6 Å². The fraction of sp³-hybridized carbons (Fsp3) is 0.167. The van der Waals surface area contributed by atoms with Gasteiger partial charge in [-0.15, -0.1) is 0 Å². The van der Waals surface area contributed by atoms with Gasteiger partial charge in [0.15, 0.2) is 0 Å². The minimum Gasteiger partial charge on any atom is -0.493 e. The number of fused-ring (bicyclic) bond motifs is 1. The van der Waals surface area contributed by atoms with E-state index in [9.17, 15) is 15.0 Å². The standard InChI is InChI=1S/C12H10N4O4/c17-10-5-7(14-12(19)15-10)11(18)16-3-4-20-9-1-2-13-6-8(9)16/h1-2,5-6H,3-4H2,(H2,14,15,17,19). The van der Waals surface area contributed by atoms with Gasteiger partial charge in [0, 0.05) is 18.3 Å². The van der Waals surface area contributed by atoms with Gasteiger partial charge in [0.05, 0.1) is 12.7 Å². The lowest BCUT2D eigenvalue weighted by atomic mass is 10.2. The van der Waals surface area contributed by atoms with E-state index in [0.717, 1.165) is 6.07 Å². The zero-order valence-corrected chi connectivity index (χ0v) is 10.2. The fourth-order valence-electron chi connectivity index (χ4n) is 1.95. The Bertz CT molecular complexity index is 656. The van der Waals surface area contributed by atoms with Crippen molar-refractivity contribution in [2.24, 2.45) is 0 Å². The normalized spacial score (nSPS) is 13.5. The van der Waals surface area contributed by atoms with Crippen molar-refractivity contribution < 1.29 is 19.7 Å². The van der Waals surface area contributed by atoms with Crippen molar-refractivity contribution in [2.45, 2.75) is 0 Å². The first kappa shape index (κ1) is 12.2. The number of aromatic hydroxyl groups is 2. The predicted octanol–water partition coefficient (Wildman–Crippen LogP) is 0.322. The number of amides is 1. The van der Waals surface area contributed by atoms with Gasteiger partial charge in [-0.25, -0.2) is 0 Å². The highest BCUT2D eigenvalue weighted by molar-refractivity contribution is 6.05. The number of nitrogens with zero attached hydrogens (tertiary/aromatic N) is 4. The number of carbonyl (C=O) groups excluding carboxylic acids is 1. The molecule has 0 radical (unpaired) electrons. The van der Waals surface area contributed by atoms with E-state index in [4.69, 9.17) is 4.74 Å². The maximum Gasteiger partial charge on any atom is 0.317 e. The Morgan fingerprint density at radius 3 is 3.00 bits per heavy atom. The highest BCUT2D eigenvalue weighted by atomic mass is 16.5. The Morgan fingerprint density at radius 2 is 2.20 bits per heavy atom. The molecule has 3 rings (SSSR count). The number of carbonyl (C=O) groups is 1. The molecule has 3 heterocycles. The molecular formula is C12H10N4O4. The van der Waals surface area contributed by atoms with Crippen molar-refractivity contribution in [1.29, 1.82) is 0 Å². The van der Waals surface area contributed by atoms with Gasteiger partial charge in [-0.2, -0.15) is 9.97 Å². The minimum absolute atomic E-state index is 0.105. The maximum absolute atomic E-state index is 12.4. The van der Waals surface area contributed by atoms with Crippen molar-refractivity contribution >= 4 is 11.6 Å². The second-order valence-corrected chi connectivity index (χ2v) is 4.06. The van der Waals surface area contributed by atoms with Crippen molar-refractivity contribution in [3.63, 3.8) is 0 Å². The summed E-state index contributed by atoms with van der Waals surface area (Å²) in [6, 6.07) is 2.09. The molecule has 0 atom stereocenters. The van der Waals surface area contributed by atoms with Crippen LogP contribution in [0.4, 0.5) is 5.69 Å². The number of anilines is 1. The van der Waals surface area contributed by atoms with E-state index in [0.29, 0.717) is 24.6 Å². The Hall–Kier alpha value is -2.90. The molecule has 0 aliphatic carbocycles. The van der Waals surface area contributed by atoms with Gasteiger partial charge >= 0.3 is 6.01 Å². The molecule has 2 aromatic heterocycles. The summed E-state index contributed by atoms with van der Waals surface area (Å²) in [5.74, 6) is -0.404. The molecule has 2 N–H and O–H groups in total. The van der Waals surface area contributed by atoms with Crippen LogP contribution in [0.3, 0.4) is 0 Å². The van der Waals surface area contributed by atoms with Gasteiger partial charge in [0.2, 0.25) is 5.88 Å². The molecule has 0 saturated carbocycles. The quantitative estimate of drug-likeness (QED) is 0.770. The van der Waals surface area contributed by atoms with E-state index in [1.165, 1.54) is 11.1 Å². The molecule has 8 heteroatoms. The van der Waals surface area contributed by atoms with Crippen LogP contribution in [0.1, 0.15) is 10.5 Å². The minimum atomic E-state index is -0.659. The molecule has 0 unspecified atom stereocenters. The zero-order chi connectivity index (χ0) is 14.1. The van der Waals surface area contributed by atoms with Crippen LogP contribution in [-0.4, -0.2) is 44.2 Å². The highest BCUT2D eigenvalue weighted by Gasteiger charge is 2.26. The second-order valence-electron chi connectivity index (χ2n) is 4.06. The van der Waals surface area contributed by atoms with Gasteiger partial charge in [-0.1, -0.05) is 0 Å². The van der Waals surface area contributed by atoms with E-state index in [1.54, 1.807) is 12.3 Å². The van der Waals surface area contributed by atoms with Crippen molar-refractivity contribution in [3.05, 3.63) is 30.2 Å². The van der Waals surface area contributed by atoms with Crippen molar-refractivity contribution in [1.82, 2.24) is 15.0 Å². The average Bonchev–Trinajstić information content (AvgIpc) is 2.45. The van der Waals surface area contributed by atoms with Crippen LogP contribution in [0.15, 0.2) is 24.5 Å². The van der Waals surface area contributed by atoms with Crippen LogP contribution < -0.4 is 9.64 Å². The number of ether oxygens (including phenoxy) is 1. The van der Waals surface area contributed by atoms with Crippen LogP contribution in [0.25, 0.3) is 0 Å². The number of rotatable bonds is 1. The third-order valence-electron chi connectivity index (χ3n) is 2.79. The van der Waals surface area contributed by atoms with E-state index < -0.39 is 17.8 Å². The summed E-state index contributed by atoms with van der Waals surface area (Å²) in [5.41, 5.74) is 0.410. The lowest BCUT2D eigenvalue weighted by Crippen LogP contribution is -2.38. The summed E-state index contributed by atoms with van der Waals surface area (Å²) in [4.78, 5) is 24.7. The first-order chi connectivity index (χ1) is 9.65. The molecule has 1 aliphatic heterocycles. The summed E-state index contributed by atoms with van der Waals surface area (Å²) in [6.45, 7) is 0.662. The van der Waals surface area contributed by atoms with Gasteiger partial charge in [0.1, 0.15) is 23.7 Å². The summed E-state index contributed by atoms with van der Waals surface area (Å²) >= 11 is 0. The summed E-state index contributed by atoms with van der Waals surface area (Å²) < 4.78 is 5.42. The van der Waals surface area contributed by atoms with Crippen molar-refractivity contribution in [2.75, 3.05) is 18.1 Å². The Kier molecular flexibility index (Phi) is 2.82. The zero-order valence-electron chi connectivity index (χ0n) is 10.2. The number of hydrogen-bond acceptors (Lipinski definition) is 7. The van der Waals surface area contributed by atoms with E-state index in [-0.39, 0.29) is 5.69 Å². The molecule has 8 nitrogen and oxygen atoms in total. The molecule has 2 aromatic rings. The van der Waals surface area contributed by atoms with Crippen molar-refractivity contribution in [3.8, 4) is 17.6 Å². The highest BCUT2D eigenvalue weighted by Crippen LogP contribution is 2.31. The van der Waals surface area contributed by atoms with E-state index in [1.807, 2.05) is 0 Å². The Morgan fingerprint density at radius 1 is 1.35 bits per heavy atom. The Balaban J connectivity index is 1.99. The van der Waals surface area contributed by atoms with Crippen LogP contribution in [0, 0.1) is 0 Å². The van der Waals surface area contributed by atoms with Gasteiger partial charge < -0.3 is 14.9 Å². The van der Waals surface area contributed by atoms with Crippen LogP contribution >= 0.6 is 0 Å². The molecule has 20 heavy (non-hydrogen) atoms. The first-order valence-electron chi connectivity index (χ1n) is 5.81. The monoisotopic (exact) mass is 274 g/mol. The fourth-order valence-corrected chi connectivity index (χ4v) is 1.95. The lowest BCUT2D eigenvalue weighted by molar-refractivity contribution is 0.0969. The largest absolute Gasteiger partial charge is 0.493 e. The third-order valence-corrected chi connectivity index (χ3v) is 2.79. The Labute approximate surface area is 113 Å². The molecule has 1 aliphatic rings. The molecule has 0 spiro atoms. The molecular weight excluding hydrogens is 264 g/mol. The third kappa shape index (κ3) is 2.07. The lowest BCUT2D eigenvalue weighted by Gasteiger charge is -2.28. The molecule has 102 valence electrons. The van der Waals surface area contributed by atoms with Crippen LogP contribution in [-0.2, 0) is 0 Å². The molecule has 0 aromatic carbocycles. The number of hydrogen-bond donors (Lipinski definition) is 2. The summed E-state index contributed by atoms with van der Waals surface area (Å²) in [7, 11) is 0. The van der Waals surface area contributed by atoms with Gasteiger partial charge in [0.25, 0.3) is 5.91 Å². The summed E-state index contributed by atoms with van der Waals surface area (Å²) in [6.07, 6.45) is 3.07. The van der Waals surface area contributed by atoms with Gasteiger partial charge in [-0.05, 0) is 0 Å². The molecule has 0 saturated heterocycles.